The van der Waals surface area contributed by atoms with Crippen LogP contribution in [0.25, 0.3) is 22.3 Å². The molecule has 5 rings (SSSR count). The predicted octanol–water partition coefficient (Wildman–Crippen LogP) is 6.43. The number of hydrogen-bond donors (Lipinski definition) is 1. The predicted molar refractivity (Wildman–Crippen MR) is 165 cm³/mol. The SMILES string of the molecule is CCOc1cc(C=Nn2c(-c3ccccc3)nc3ccccc3c2=O)c(Br)cc1OCC(=O)Nc1ccc(C)cc1. The van der Waals surface area contributed by atoms with Gasteiger partial charge in [-0.15, -0.1) is 0 Å². The van der Waals surface area contributed by atoms with Crippen molar-refractivity contribution in [2.75, 3.05) is 18.5 Å². The third-order valence-electron chi connectivity index (χ3n) is 6.16. The Morgan fingerprint density at radius 3 is 2.44 bits per heavy atom. The lowest BCUT2D eigenvalue weighted by molar-refractivity contribution is -0.118. The third kappa shape index (κ3) is 6.53. The lowest BCUT2D eigenvalue weighted by Crippen LogP contribution is -2.20. The van der Waals surface area contributed by atoms with Crippen LogP contribution in [0.2, 0.25) is 0 Å². The number of nitrogens with zero attached hydrogens (tertiary/aromatic N) is 3. The van der Waals surface area contributed by atoms with Gasteiger partial charge in [0.15, 0.2) is 23.9 Å². The fraction of sp³-hybridized carbons (Fsp3) is 0.125. The first-order valence-corrected chi connectivity index (χ1v) is 13.8. The van der Waals surface area contributed by atoms with Gasteiger partial charge >= 0.3 is 0 Å². The van der Waals surface area contributed by atoms with Gasteiger partial charge in [-0.1, -0.05) is 60.2 Å². The molecule has 0 fully saturated rings. The molecule has 0 spiro atoms. The Labute approximate surface area is 245 Å². The lowest BCUT2D eigenvalue weighted by Gasteiger charge is -2.14. The van der Waals surface area contributed by atoms with Gasteiger partial charge in [0.2, 0.25) is 0 Å². The van der Waals surface area contributed by atoms with E-state index < -0.39 is 0 Å². The number of ether oxygens (including phenoxy) is 2. The molecule has 0 aliphatic heterocycles. The van der Waals surface area contributed by atoms with E-state index in [4.69, 9.17) is 14.5 Å². The summed E-state index contributed by atoms with van der Waals surface area (Å²) in [6.45, 7) is 4.02. The summed E-state index contributed by atoms with van der Waals surface area (Å²) in [4.78, 5) is 30.7. The average molecular weight is 611 g/mol. The van der Waals surface area contributed by atoms with Crippen molar-refractivity contribution < 1.29 is 14.3 Å². The van der Waals surface area contributed by atoms with Crippen molar-refractivity contribution in [3.8, 4) is 22.9 Å². The van der Waals surface area contributed by atoms with Gasteiger partial charge in [-0.25, -0.2) is 4.98 Å². The molecule has 206 valence electrons. The van der Waals surface area contributed by atoms with Crippen LogP contribution in [0.5, 0.6) is 11.5 Å². The third-order valence-corrected chi connectivity index (χ3v) is 6.84. The van der Waals surface area contributed by atoms with Crippen LogP contribution in [-0.4, -0.2) is 35.0 Å². The summed E-state index contributed by atoms with van der Waals surface area (Å²) >= 11 is 3.56. The van der Waals surface area contributed by atoms with Gasteiger partial charge < -0.3 is 14.8 Å². The van der Waals surface area contributed by atoms with Crippen LogP contribution in [0.4, 0.5) is 5.69 Å². The quantitative estimate of drug-likeness (QED) is 0.194. The van der Waals surface area contributed by atoms with E-state index in [1.54, 1.807) is 30.5 Å². The first-order chi connectivity index (χ1) is 19.9. The minimum atomic E-state index is -0.297. The fourth-order valence-corrected chi connectivity index (χ4v) is 4.56. The molecule has 0 aliphatic rings. The van der Waals surface area contributed by atoms with Crippen LogP contribution >= 0.6 is 15.9 Å². The number of carbonyl (C=O) groups is 1. The molecule has 0 aliphatic carbocycles. The normalized spacial score (nSPS) is 11.1. The number of fused-ring (bicyclic) bond motifs is 1. The molecule has 4 aromatic carbocycles. The van der Waals surface area contributed by atoms with Crippen LogP contribution < -0.4 is 20.3 Å². The van der Waals surface area contributed by atoms with E-state index in [1.165, 1.54) is 4.68 Å². The Hall–Kier alpha value is -4.76. The largest absolute Gasteiger partial charge is 0.490 e. The summed E-state index contributed by atoms with van der Waals surface area (Å²) in [7, 11) is 0. The molecular formula is C32H27BrN4O4. The number of halogens is 1. The highest BCUT2D eigenvalue weighted by Crippen LogP contribution is 2.33. The molecule has 41 heavy (non-hydrogen) atoms. The maximum Gasteiger partial charge on any atom is 0.282 e. The van der Waals surface area contributed by atoms with Gasteiger partial charge in [0.1, 0.15) is 0 Å². The van der Waals surface area contributed by atoms with Crippen LogP contribution in [0, 0.1) is 6.92 Å². The molecule has 1 heterocycles. The minimum Gasteiger partial charge on any atom is -0.490 e. The number of rotatable bonds is 9. The van der Waals surface area contributed by atoms with E-state index in [-0.39, 0.29) is 18.1 Å². The zero-order valence-corrected chi connectivity index (χ0v) is 24.1. The number of benzene rings is 4. The van der Waals surface area contributed by atoms with Gasteiger partial charge in [0, 0.05) is 21.3 Å². The Balaban J connectivity index is 1.44. The summed E-state index contributed by atoms with van der Waals surface area (Å²) in [6.07, 6.45) is 1.56. The highest BCUT2D eigenvalue weighted by Gasteiger charge is 2.15. The molecule has 0 saturated heterocycles. The first kappa shape index (κ1) is 27.8. The van der Waals surface area contributed by atoms with Crippen molar-refractivity contribution in [1.82, 2.24) is 9.66 Å². The number of aryl methyl sites for hydroxylation is 1. The number of para-hydroxylation sites is 1. The van der Waals surface area contributed by atoms with Crippen molar-refractivity contribution in [3.63, 3.8) is 0 Å². The highest BCUT2D eigenvalue weighted by molar-refractivity contribution is 9.10. The van der Waals surface area contributed by atoms with Crippen LogP contribution in [-0.2, 0) is 4.79 Å². The van der Waals surface area contributed by atoms with Crippen molar-refractivity contribution >= 4 is 44.6 Å². The monoisotopic (exact) mass is 610 g/mol. The van der Waals surface area contributed by atoms with E-state index >= 15 is 0 Å². The van der Waals surface area contributed by atoms with Gasteiger partial charge in [-0.3, -0.25) is 9.59 Å². The summed E-state index contributed by atoms with van der Waals surface area (Å²) in [6, 6.07) is 27.6. The van der Waals surface area contributed by atoms with Gasteiger partial charge in [-0.2, -0.15) is 9.78 Å². The molecule has 8 nitrogen and oxygen atoms in total. The highest BCUT2D eigenvalue weighted by atomic mass is 79.9. The molecule has 1 amide bonds. The Kier molecular flexibility index (Phi) is 8.55. The molecule has 5 aromatic rings. The van der Waals surface area contributed by atoms with E-state index in [0.29, 0.717) is 50.6 Å². The summed E-state index contributed by atoms with van der Waals surface area (Å²) in [5.74, 6) is 0.956. The summed E-state index contributed by atoms with van der Waals surface area (Å²) < 4.78 is 13.6. The fourth-order valence-electron chi connectivity index (χ4n) is 4.13. The number of hydrogen-bond acceptors (Lipinski definition) is 6. The van der Waals surface area contributed by atoms with Crippen LogP contribution in [0.3, 0.4) is 0 Å². The average Bonchev–Trinajstić information content (AvgIpc) is 2.99. The number of nitrogens with one attached hydrogen (secondary N) is 1. The number of aromatic nitrogens is 2. The second-order valence-electron chi connectivity index (χ2n) is 9.14. The zero-order valence-electron chi connectivity index (χ0n) is 22.5. The maximum atomic E-state index is 13.5. The smallest absolute Gasteiger partial charge is 0.282 e. The molecule has 0 atom stereocenters. The molecule has 1 N–H and O–H groups in total. The zero-order chi connectivity index (χ0) is 28.8. The molecule has 9 heteroatoms. The van der Waals surface area contributed by atoms with Gasteiger partial charge in [0.25, 0.3) is 11.5 Å². The standard InChI is InChI=1S/C32H27BrN4O4/c1-3-40-28-17-23(26(33)18-29(28)41-20-30(38)35-24-15-13-21(2)14-16-24)19-34-37-31(22-9-5-4-6-10-22)36-27-12-8-7-11-25(27)32(37)39/h4-19H,3,20H2,1-2H3,(H,35,38). The number of carbonyl (C=O) groups excluding carboxylic acids is 1. The molecule has 0 saturated carbocycles. The van der Waals surface area contributed by atoms with E-state index in [2.05, 4.69) is 26.3 Å². The summed E-state index contributed by atoms with van der Waals surface area (Å²) in [5, 5.41) is 7.83. The second-order valence-corrected chi connectivity index (χ2v) is 9.99. The molecule has 0 bridgehead atoms. The van der Waals surface area contributed by atoms with Crippen molar-refractivity contribution in [3.05, 3.63) is 117 Å². The minimum absolute atomic E-state index is 0.202. The van der Waals surface area contributed by atoms with E-state index in [9.17, 15) is 9.59 Å². The van der Waals surface area contributed by atoms with Gasteiger partial charge in [0.05, 0.1) is 23.7 Å². The second kappa shape index (κ2) is 12.6. The Bertz CT molecular complexity index is 1780. The molecule has 0 unspecified atom stereocenters. The number of amides is 1. The Morgan fingerprint density at radius 2 is 1.68 bits per heavy atom. The van der Waals surface area contributed by atoms with Crippen molar-refractivity contribution in [2.45, 2.75) is 13.8 Å². The van der Waals surface area contributed by atoms with Gasteiger partial charge in [-0.05, 0) is 66.2 Å². The Morgan fingerprint density at radius 1 is 0.976 bits per heavy atom. The number of anilines is 1. The first-order valence-electron chi connectivity index (χ1n) is 13.0. The van der Waals surface area contributed by atoms with E-state index in [0.717, 1.165) is 11.1 Å². The molecule has 0 radical (unpaired) electrons. The topological polar surface area (TPSA) is 94.8 Å². The van der Waals surface area contributed by atoms with Crippen LogP contribution in [0.15, 0.2) is 105 Å². The molecule has 1 aromatic heterocycles. The summed E-state index contributed by atoms with van der Waals surface area (Å²) in [5.41, 5.74) is 3.50. The molecular weight excluding hydrogens is 584 g/mol. The van der Waals surface area contributed by atoms with E-state index in [1.807, 2.05) is 80.6 Å². The van der Waals surface area contributed by atoms with Crippen molar-refractivity contribution in [1.29, 1.82) is 0 Å². The van der Waals surface area contributed by atoms with Crippen molar-refractivity contribution in [2.24, 2.45) is 5.10 Å². The van der Waals surface area contributed by atoms with Crippen LogP contribution in [0.1, 0.15) is 18.1 Å². The lowest BCUT2D eigenvalue weighted by atomic mass is 10.2. The maximum absolute atomic E-state index is 13.5.